The third-order valence-electron chi connectivity index (χ3n) is 3.88. The first-order valence-corrected chi connectivity index (χ1v) is 8.84. The molecule has 0 spiro atoms. The number of nitrogens with zero attached hydrogens (tertiary/aromatic N) is 1. The number of amides is 1. The van der Waals surface area contributed by atoms with Gasteiger partial charge in [-0.05, 0) is 30.2 Å². The maximum Gasteiger partial charge on any atom is 0.220 e. The Morgan fingerprint density at radius 1 is 1.12 bits per heavy atom. The lowest BCUT2D eigenvalue weighted by Gasteiger charge is -2.12. The number of benzene rings is 2. The Kier molecular flexibility index (Phi) is 5.50. The molecule has 5 nitrogen and oxygen atoms in total. The second-order valence-electron chi connectivity index (χ2n) is 5.50. The van der Waals surface area contributed by atoms with Crippen LogP contribution in [0.15, 0.2) is 42.5 Å². The van der Waals surface area contributed by atoms with Crippen molar-refractivity contribution in [3.05, 3.63) is 53.0 Å². The maximum absolute atomic E-state index is 12.2. The number of thiazole rings is 1. The quantitative estimate of drug-likeness (QED) is 0.703. The Balaban J connectivity index is 1.56. The molecule has 0 bridgehead atoms. The molecule has 0 fully saturated rings. The molecular formula is C19H20N2O3S. The first kappa shape index (κ1) is 17.2. The van der Waals surface area contributed by atoms with Gasteiger partial charge in [-0.15, -0.1) is 11.3 Å². The molecule has 0 atom stereocenters. The number of ether oxygens (including phenoxy) is 2. The van der Waals surface area contributed by atoms with Crippen LogP contribution >= 0.6 is 11.3 Å². The molecule has 3 aromatic rings. The minimum Gasteiger partial charge on any atom is -0.493 e. The number of para-hydroxylation sites is 2. The summed E-state index contributed by atoms with van der Waals surface area (Å²) >= 11 is 1.60. The molecule has 1 amide bonds. The van der Waals surface area contributed by atoms with Crippen molar-refractivity contribution >= 4 is 27.5 Å². The van der Waals surface area contributed by atoms with E-state index in [2.05, 4.69) is 10.3 Å². The van der Waals surface area contributed by atoms with Crippen LogP contribution in [0.4, 0.5) is 0 Å². The van der Waals surface area contributed by atoms with E-state index in [4.69, 9.17) is 9.47 Å². The molecule has 1 N–H and O–H groups in total. The summed E-state index contributed by atoms with van der Waals surface area (Å²) in [6, 6.07) is 13.7. The standard InChI is InChI=1S/C19H20N2O3S/c1-23-15-8-5-6-13(19(15)24-2)10-11-17(22)20-12-18-21-14-7-3-4-9-16(14)25-18/h3-9H,10-12H2,1-2H3,(H,20,22). The highest BCUT2D eigenvalue weighted by Crippen LogP contribution is 2.31. The van der Waals surface area contributed by atoms with Crippen molar-refractivity contribution in [1.29, 1.82) is 0 Å². The Morgan fingerprint density at radius 3 is 2.72 bits per heavy atom. The maximum atomic E-state index is 12.2. The van der Waals surface area contributed by atoms with Crippen LogP contribution in [-0.2, 0) is 17.8 Å². The highest BCUT2D eigenvalue weighted by atomic mass is 32.1. The number of hydrogen-bond acceptors (Lipinski definition) is 5. The predicted octanol–water partition coefficient (Wildman–Crippen LogP) is 3.56. The van der Waals surface area contributed by atoms with Crippen LogP contribution in [0.3, 0.4) is 0 Å². The van der Waals surface area contributed by atoms with E-state index in [1.165, 1.54) is 0 Å². The number of fused-ring (bicyclic) bond motifs is 1. The van der Waals surface area contributed by atoms with Crippen LogP contribution < -0.4 is 14.8 Å². The molecule has 0 saturated heterocycles. The fraction of sp³-hybridized carbons (Fsp3) is 0.263. The molecule has 1 aromatic heterocycles. The monoisotopic (exact) mass is 356 g/mol. The second kappa shape index (κ2) is 7.98. The molecule has 0 unspecified atom stereocenters. The van der Waals surface area contributed by atoms with Gasteiger partial charge in [0, 0.05) is 6.42 Å². The largest absolute Gasteiger partial charge is 0.493 e. The van der Waals surface area contributed by atoms with Crippen molar-refractivity contribution in [3.8, 4) is 11.5 Å². The van der Waals surface area contributed by atoms with E-state index < -0.39 is 0 Å². The molecule has 0 aliphatic heterocycles. The summed E-state index contributed by atoms with van der Waals surface area (Å²) in [5, 5.41) is 3.84. The van der Waals surface area contributed by atoms with Crippen molar-refractivity contribution < 1.29 is 14.3 Å². The van der Waals surface area contributed by atoms with Gasteiger partial charge in [0.1, 0.15) is 5.01 Å². The fourth-order valence-electron chi connectivity index (χ4n) is 2.66. The van der Waals surface area contributed by atoms with Gasteiger partial charge in [-0.25, -0.2) is 4.98 Å². The number of methoxy groups -OCH3 is 2. The summed E-state index contributed by atoms with van der Waals surface area (Å²) < 4.78 is 11.8. The average molecular weight is 356 g/mol. The number of aryl methyl sites for hydroxylation is 1. The van der Waals surface area contributed by atoms with E-state index in [-0.39, 0.29) is 5.91 Å². The third-order valence-corrected chi connectivity index (χ3v) is 4.92. The number of carbonyl (C=O) groups is 1. The van der Waals surface area contributed by atoms with E-state index >= 15 is 0 Å². The first-order chi connectivity index (χ1) is 12.2. The summed E-state index contributed by atoms with van der Waals surface area (Å²) in [5.41, 5.74) is 1.93. The Bertz CT molecular complexity index is 843. The lowest BCUT2D eigenvalue weighted by atomic mass is 10.1. The van der Waals surface area contributed by atoms with Gasteiger partial charge in [0.05, 0.1) is 31.0 Å². The molecule has 2 aromatic carbocycles. The minimum atomic E-state index is -0.0101. The predicted molar refractivity (Wildman–Crippen MR) is 99.3 cm³/mol. The zero-order chi connectivity index (χ0) is 17.6. The number of rotatable bonds is 7. The lowest BCUT2D eigenvalue weighted by molar-refractivity contribution is -0.121. The third kappa shape index (κ3) is 4.09. The number of nitrogens with one attached hydrogen (secondary N) is 1. The van der Waals surface area contributed by atoms with Gasteiger partial charge in [0.2, 0.25) is 5.91 Å². The fourth-order valence-corrected chi connectivity index (χ4v) is 3.56. The van der Waals surface area contributed by atoms with Gasteiger partial charge >= 0.3 is 0 Å². The van der Waals surface area contributed by atoms with Gasteiger partial charge in [-0.3, -0.25) is 4.79 Å². The van der Waals surface area contributed by atoms with E-state index in [9.17, 15) is 4.79 Å². The number of aromatic nitrogens is 1. The van der Waals surface area contributed by atoms with Crippen LogP contribution in [0.5, 0.6) is 11.5 Å². The Hall–Kier alpha value is -2.60. The second-order valence-corrected chi connectivity index (χ2v) is 6.62. The van der Waals surface area contributed by atoms with Gasteiger partial charge < -0.3 is 14.8 Å². The molecule has 0 aliphatic rings. The van der Waals surface area contributed by atoms with Crippen molar-refractivity contribution in [3.63, 3.8) is 0 Å². The van der Waals surface area contributed by atoms with Gasteiger partial charge in [-0.2, -0.15) is 0 Å². The van der Waals surface area contributed by atoms with Crippen LogP contribution in [0, 0.1) is 0 Å². The van der Waals surface area contributed by atoms with Crippen LogP contribution in [0.25, 0.3) is 10.2 Å². The lowest BCUT2D eigenvalue weighted by Crippen LogP contribution is -2.23. The van der Waals surface area contributed by atoms with E-state index in [1.54, 1.807) is 25.6 Å². The van der Waals surface area contributed by atoms with Crippen LogP contribution in [0.2, 0.25) is 0 Å². The first-order valence-electron chi connectivity index (χ1n) is 8.02. The summed E-state index contributed by atoms with van der Waals surface area (Å²) in [7, 11) is 3.21. The summed E-state index contributed by atoms with van der Waals surface area (Å²) in [4.78, 5) is 16.7. The van der Waals surface area contributed by atoms with E-state index in [0.717, 1.165) is 20.8 Å². The van der Waals surface area contributed by atoms with Gasteiger partial charge in [0.25, 0.3) is 0 Å². The summed E-state index contributed by atoms with van der Waals surface area (Å²) in [6.07, 6.45) is 0.973. The van der Waals surface area contributed by atoms with E-state index in [1.807, 2.05) is 42.5 Å². The summed E-state index contributed by atoms with van der Waals surface area (Å²) in [6.45, 7) is 0.452. The molecule has 25 heavy (non-hydrogen) atoms. The van der Waals surface area contributed by atoms with E-state index in [0.29, 0.717) is 30.9 Å². The topological polar surface area (TPSA) is 60.5 Å². The van der Waals surface area contributed by atoms with Crippen molar-refractivity contribution in [1.82, 2.24) is 10.3 Å². The molecular weight excluding hydrogens is 336 g/mol. The normalized spacial score (nSPS) is 10.6. The van der Waals surface area contributed by atoms with Crippen molar-refractivity contribution in [2.24, 2.45) is 0 Å². The zero-order valence-electron chi connectivity index (χ0n) is 14.2. The molecule has 0 aliphatic carbocycles. The SMILES string of the molecule is COc1cccc(CCC(=O)NCc2nc3ccccc3s2)c1OC. The molecule has 6 heteroatoms. The van der Waals surface area contributed by atoms with Crippen molar-refractivity contribution in [2.45, 2.75) is 19.4 Å². The molecule has 130 valence electrons. The highest BCUT2D eigenvalue weighted by molar-refractivity contribution is 7.18. The summed E-state index contributed by atoms with van der Waals surface area (Å²) in [5.74, 6) is 1.35. The molecule has 1 heterocycles. The Morgan fingerprint density at radius 2 is 1.96 bits per heavy atom. The number of carbonyl (C=O) groups excluding carboxylic acids is 1. The molecule has 3 rings (SSSR count). The van der Waals surface area contributed by atoms with Crippen molar-refractivity contribution in [2.75, 3.05) is 14.2 Å². The van der Waals surface area contributed by atoms with Gasteiger partial charge in [0.15, 0.2) is 11.5 Å². The minimum absolute atomic E-state index is 0.0101. The Labute approximate surface area is 150 Å². The smallest absolute Gasteiger partial charge is 0.220 e. The molecule has 0 radical (unpaired) electrons. The van der Waals surface area contributed by atoms with Gasteiger partial charge in [-0.1, -0.05) is 24.3 Å². The van der Waals surface area contributed by atoms with Crippen LogP contribution in [-0.4, -0.2) is 25.1 Å². The highest BCUT2D eigenvalue weighted by Gasteiger charge is 2.11. The number of hydrogen-bond donors (Lipinski definition) is 1. The zero-order valence-corrected chi connectivity index (χ0v) is 15.1. The van der Waals surface area contributed by atoms with Crippen LogP contribution in [0.1, 0.15) is 17.0 Å². The molecule has 0 saturated carbocycles. The average Bonchev–Trinajstić information content (AvgIpc) is 3.07.